The molecule has 0 unspecified atom stereocenters. The maximum atomic E-state index is 11.8. The fourth-order valence-electron chi connectivity index (χ4n) is 1.09. The molecule has 0 atom stereocenters. The van der Waals surface area contributed by atoms with Crippen molar-refractivity contribution in [1.82, 2.24) is 5.32 Å². The van der Waals surface area contributed by atoms with Gasteiger partial charge in [0, 0.05) is 16.3 Å². The topological polar surface area (TPSA) is 21.3 Å². The van der Waals surface area contributed by atoms with Gasteiger partial charge in [-0.25, -0.2) is 8.78 Å². The van der Waals surface area contributed by atoms with Crippen molar-refractivity contribution >= 4 is 11.3 Å². The van der Waals surface area contributed by atoms with Crippen molar-refractivity contribution in [2.24, 2.45) is 0 Å². The number of hydrogen-bond donors (Lipinski definition) is 1. The number of hydrogen-bond acceptors (Lipinski definition) is 3. The first-order chi connectivity index (χ1) is 7.22. The molecule has 0 aliphatic carbocycles. The van der Waals surface area contributed by atoms with Gasteiger partial charge in [-0.15, -0.1) is 11.3 Å². The number of rotatable bonds is 7. The van der Waals surface area contributed by atoms with Crippen molar-refractivity contribution < 1.29 is 13.5 Å². The molecule has 1 rings (SSSR count). The fourth-order valence-corrected chi connectivity index (χ4v) is 2.02. The van der Waals surface area contributed by atoms with Crippen molar-refractivity contribution in [2.75, 3.05) is 13.2 Å². The Kier molecular flexibility index (Phi) is 5.75. The second-order valence-corrected chi connectivity index (χ2v) is 4.31. The molecule has 0 spiro atoms. The van der Waals surface area contributed by atoms with Crippen LogP contribution >= 0.6 is 11.3 Å². The summed E-state index contributed by atoms with van der Waals surface area (Å²) in [6.07, 6.45) is -2.38. The number of halogens is 2. The summed E-state index contributed by atoms with van der Waals surface area (Å²) in [5.41, 5.74) is 0. The van der Waals surface area contributed by atoms with Crippen LogP contribution in [-0.2, 0) is 17.9 Å². The van der Waals surface area contributed by atoms with E-state index in [0.717, 1.165) is 18.0 Å². The molecule has 1 N–H and O–H groups in total. The highest BCUT2D eigenvalue weighted by Gasteiger charge is 2.04. The van der Waals surface area contributed by atoms with Gasteiger partial charge in [0.15, 0.2) is 0 Å². The minimum absolute atomic E-state index is 0.279. The molecule has 2 nitrogen and oxygen atoms in total. The summed E-state index contributed by atoms with van der Waals surface area (Å²) >= 11 is 1.59. The predicted octanol–water partition coefficient (Wildman–Crippen LogP) is 2.64. The summed E-state index contributed by atoms with van der Waals surface area (Å²) in [6.45, 7) is 3.59. The average molecular weight is 235 g/mol. The van der Waals surface area contributed by atoms with Gasteiger partial charge >= 0.3 is 0 Å². The van der Waals surface area contributed by atoms with Crippen molar-refractivity contribution in [3.63, 3.8) is 0 Å². The van der Waals surface area contributed by atoms with Crippen LogP contribution < -0.4 is 5.32 Å². The van der Waals surface area contributed by atoms with Crippen LogP contribution in [0.4, 0.5) is 8.78 Å². The lowest BCUT2D eigenvalue weighted by molar-refractivity contribution is 0.0108. The van der Waals surface area contributed by atoms with E-state index in [4.69, 9.17) is 4.74 Å². The fraction of sp³-hybridized carbons (Fsp3) is 0.600. The minimum Gasteiger partial charge on any atom is -0.370 e. The van der Waals surface area contributed by atoms with Gasteiger partial charge in [0.25, 0.3) is 6.43 Å². The van der Waals surface area contributed by atoms with Crippen LogP contribution in [-0.4, -0.2) is 19.6 Å². The Labute approximate surface area is 92.3 Å². The van der Waals surface area contributed by atoms with Crippen LogP contribution in [0.25, 0.3) is 0 Å². The van der Waals surface area contributed by atoms with E-state index in [1.807, 2.05) is 19.1 Å². The van der Waals surface area contributed by atoms with Crippen LogP contribution in [0.5, 0.6) is 0 Å². The Morgan fingerprint density at radius 2 is 2.13 bits per heavy atom. The summed E-state index contributed by atoms with van der Waals surface area (Å²) in [6, 6.07) is 3.91. The zero-order valence-electron chi connectivity index (χ0n) is 8.63. The SMILES string of the molecule is CCNCc1ccc(COCC(F)F)s1. The standard InChI is InChI=1S/C10H15F2NOS/c1-2-13-5-8-3-4-9(15-8)6-14-7-10(11)12/h3-4,10,13H,2,5-7H2,1H3. The molecule has 1 aromatic rings. The number of thiophene rings is 1. The molecule has 0 aromatic carbocycles. The molecule has 1 heterocycles. The third-order valence-electron chi connectivity index (χ3n) is 1.75. The first-order valence-corrected chi connectivity index (χ1v) is 5.68. The molecule has 0 saturated carbocycles. The maximum Gasteiger partial charge on any atom is 0.261 e. The van der Waals surface area contributed by atoms with Gasteiger partial charge in [-0.2, -0.15) is 0 Å². The smallest absolute Gasteiger partial charge is 0.261 e. The summed E-state index contributed by atoms with van der Waals surface area (Å²) in [5.74, 6) is 0. The van der Waals surface area contributed by atoms with Gasteiger partial charge < -0.3 is 10.1 Å². The molecule has 0 aliphatic rings. The zero-order chi connectivity index (χ0) is 11.1. The molecule has 1 aromatic heterocycles. The third-order valence-corrected chi connectivity index (χ3v) is 2.81. The molecule has 0 aliphatic heterocycles. The quantitative estimate of drug-likeness (QED) is 0.784. The first-order valence-electron chi connectivity index (χ1n) is 4.86. The van der Waals surface area contributed by atoms with E-state index in [9.17, 15) is 8.78 Å². The van der Waals surface area contributed by atoms with Crippen LogP contribution in [0, 0.1) is 0 Å². The van der Waals surface area contributed by atoms with E-state index in [1.165, 1.54) is 4.88 Å². The monoisotopic (exact) mass is 235 g/mol. The molecule has 0 radical (unpaired) electrons. The third kappa shape index (κ3) is 5.20. The number of ether oxygens (including phenoxy) is 1. The molecular weight excluding hydrogens is 220 g/mol. The van der Waals surface area contributed by atoms with Gasteiger partial charge in [-0.3, -0.25) is 0 Å². The zero-order valence-corrected chi connectivity index (χ0v) is 9.45. The summed E-state index contributed by atoms with van der Waals surface area (Å²) in [4.78, 5) is 2.19. The Bertz CT molecular complexity index is 278. The van der Waals surface area contributed by atoms with Gasteiger partial charge in [0.2, 0.25) is 0 Å². The van der Waals surface area contributed by atoms with Crippen molar-refractivity contribution in [3.05, 3.63) is 21.9 Å². The maximum absolute atomic E-state index is 11.8. The van der Waals surface area contributed by atoms with E-state index < -0.39 is 13.0 Å². The second-order valence-electron chi connectivity index (χ2n) is 3.05. The Hall–Kier alpha value is -0.520. The molecule has 15 heavy (non-hydrogen) atoms. The van der Waals surface area contributed by atoms with Crippen LogP contribution in [0.1, 0.15) is 16.7 Å². The largest absolute Gasteiger partial charge is 0.370 e. The molecule has 5 heteroatoms. The number of nitrogens with one attached hydrogen (secondary N) is 1. The Balaban J connectivity index is 2.26. The van der Waals surface area contributed by atoms with Crippen molar-refractivity contribution in [2.45, 2.75) is 26.5 Å². The van der Waals surface area contributed by atoms with Gasteiger partial charge in [0.1, 0.15) is 6.61 Å². The van der Waals surface area contributed by atoms with Crippen LogP contribution in [0.2, 0.25) is 0 Å². The molecule has 0 fully saturated rings. The highest BCUT2D eigenvalue weighted by Crippen LogP contribution is 2.17. The number of alkyl halides is 2. The Morgan fingerprint density at radius 1 is 1.40 bits per heavy atom. The summed E-state index contributed by atoms with van der Waals surface area (Å²) < 4.78 is 28.4. The predicted molar refractivity (Wildman–Crippen MR) is 57.4 cm³/mol. The lowest BCUT2D eigenvalue weighted by Crippen LogP contribution is -2.10. The van der Waals surface area contributed by atoms with Gasteiger partial charge in [-0.05, 0) is 18.7 Å². The van der Waals surface area contributed by atoms with E-state index >= 15 is 0 Å². The van der Waals surface area contributed by atoms with Crippen LogP contribution in [0.3, 0.4) is 0 Å². The second kappa shape index (κ2) is 6.87. The first kappa shape index (κ1) is 12.5. The highest BCUT2D eigenvalue weighted by molar-refractivity contribution is 7.11. The summed E-state index contributed by atoms with van der Waals surface area (Å²) in [7, 11) is 0. The van der Waals surface area contributed by atoms with Crippen molar-refractivity contribution in [3.8, 4) is 0 Å². The molecule has 86 valence electrons. The molecule has 0 amide bonds. The molecule has 0 bridgehead atoms. The molecular formula is C10H15F2NOS. The average Bonchev–Trinajstić information content (AvgIpc) is 2.62. The Morgan fingerprint density at radius 3 is 2.80 bits per heavy atom. The van der Waals surface area contributed by atoms with E-state index in [1.54, 1.807) is 11.3 Å². The van der Waals surface area contributed by atoms with E-state index in [-0.39, 0.29) is 6.61 Å². The normalized spacial score (nSPS) is 11.2. The van der Waals surface area contributed by atoms with Crippen LogP contribution in [0.15, 0.2) is 12.1 Å². The summed E-state index contributed by atoms with van der Waals surface area (Å²) in [5, 5.41) is 3.20. The highest BCUT2D eigenvalue weighted by atomic mass is 32.1. The van der Waals surface area contributed by atoms with Crippen molar-refractivity contribution in [1.29, 1.82) is 0 Å². The molecule has 0 saturated heterocycles. The van der Waals surface area contributed by atoms with E-state index in [2.05, 4.69) is 5.32 Å². The van der Waals surface area contributed by atoms with Gasteiger partial charge in [-0.1, -0.05) is 6.92 Å². The minimum atomic E-state index is -2.38. The van der Waals surface area contributed by atoms with E-state index in [0.29, 0.717) is 0 Å². The lowest BCUT2D eigenvalue weighted by Gasteiger charge is -2.00. The van der Waals surface area contributed by atoms with Gasteiger partial charge in [0.05, 0.1) is 6.61 Å². The lowest BCUT2D eigenvalue weighted by atomic mass is 10.4.